The molecule has 0 saturated carbocycles. The SMILES string of the molecule is CCNCc1cn(-c2ccc(Br)cc2Br)nn1. The van der Waals surface area contributed by atoms with Crippen LogP contribution in [0, 0.1) is 0 Å². The van der Waals surface area contributed by atoms with Crippen molar-refractivity contribution in [2.75, 3.05) is 6.54 Å². The number of nitrogens with one attached hydrogen (secondary N) is 1. The highest BCUT2D eigenvalue weighted by Crippen LogP contribution is 2.24. The lowest BCUT2D eigenvalue weighted by Crippen LogP contribution is -2.11. The molecule has 1 aromatic carbocycles. The summed E-state index contributed by atoms with van der Waals surface area (Å²) in [5, 5.41) is 11.4. The summed E-state index contributed by atoms with van der Waals surface area (Å²) in [6.07, 6.45) is 1.93. The predicted octanol–water partition coefficient (Wildman–Crippen LogP) is 2.90. The summed E-state index contributed by atoms with van der Waals surface area (Å²) in [7, 11) is 0. The molecule has 0 aliphatic rings. The number of rotatable bonds is 4. The van der Waals surface area contributed by atoms with Crippen LogP contribution in [0.2, 0.25) is 0 Å². The van der Waals surface area contributed by atoms with Crippen molar-refractivity contribution in [1.29, 1.82) is 0 Å². The van der Waals surface area contributed by atoms with Gasteiger partial charge in [0.15, 0.2) is 0 Å². The molecule has 0 aliphatic carbocycles. The number of hydrogen-bond acceptors (Lipinski definition) is 3. The van der Waals surface area contributed by atoms with Crippen LogP contribution in [-0.2, 0) is 6.54 Å². The molecule has 1 heterocycles. The minimum Gasteiger partial charge on any atom is -0.311 e. The molecule has 0 aliphatic heterocycles. The first-order valence-electron chi connectivity index (χ1n) is 5.28. The Morgan fingerprint density at radius 3 is 2.88 bits per heavy atom. The van der Waals surface area contributed by atoms with Crippen LogP contribution in [0.1, 0.15) is 12.6 Å². The van der Waals surface area contributed by atoms with E-state index in [9.17, 15) is 0 Å². The van der Waals surface area contributed by atoms with E-state index in [1.165, 1.54) is 0 Å². The van der Waals surface area contributed by atoms with Crippen molar-refractivity contribution in [3.05, 3.63) is 39.0 Å². The molecular weight excluding hydrogens is 348 g/mol. The summed E-state index contributed by atoms with van der Waals surface area (Å²) >= 11 is 6.93. The average molecular weight is 360 g/mol. The maximum Gasteiger partial charge on any atom is 0.0969 e. The van der Waals surface area contributed by atoms with Crippen molar-refractivity contribution >= 4 is 31.9 Å². The van der Waals surface area contributed by atoms with Gasteiger partial charge in [0.1, 0.15) is 0 Å². The molecule has 1 aromatic heterocycles. The fraction of sp³-hybridized carbons (Fsp3) is 0.273. The molecule has 0 fully saturated rings. The Kier molecular flexibility index (Phi) is 4.31. The van der Waals surface area contributed by atoms with E-state index in [0.717, 1.165) is 33.4 Å². The first-order chi connectivity index (χ1) is 8.20. The summed E-state index contributed by atoms with van der Waals surface area (Å²) in [4.78, 5) is 0. The smallest absolute Gasteiger partial charge is 0.0969 e. The second kappa shape index (κ2) is 5.75. The Hall–Kier alpha value is -0.720. The van der Waals surface area contributed by atoms with Gasteiger partial charge in [-0.2, -0.15) is 0 Å². The van der Waals surface area contributed by atoms with Crippen LogP contribution >= 0.6 is 31.9 Å². The van der Waals surface area contributed by atoms with Crippen LogP contribution in [0.15, 0.2) is 33.3 Å². The molecular formula is C11H12Br2N4. The molecule has 1 N–H and O–H groups in total. The number of benzene rings is 1. The van der Waals surface area contributed by atoms with Gasteiger partial charge in [0.25, 0.3) is 0 Å². The summed E-state index contributed by atoms with van der Waals surface area (Å²) in [5.41, 5.74) is 1.91. The van der Waals surface area contributed by atoms with Gasteiger partial charge in [-0.05, 0) is 40.7 Å². The third kappa shape index (κ3) is 3.14. The first kappa shape index (κ1) is 12.7. The van der Waals surface area contributed by atoms with E-state index in [4.69, 9.17) is 0 Å². The van der Waals surface area contributed by atoms with Crippen molar-refractivity contribution < 1.29 is 0 Å². The van der Waals surface area contributed by atoms with E-state index >= 15 is 0 Å². The van der Waals surface area contributed by atoms with Gasteiger partial charge >= 0.3 is 0 Å². The molecule has 0 atom stereocenters. The molecule has 0 spiro atoms. The molecule has 4 nitrogen and oxygen atoms in total. The zero-order valence-electron chi connectivity index (χ0n) is 9.32. The summed E-state index contributed by atoms with van der Waals surface area (Å²) in [5.74, 6) is 0. The van der Waals surface area contributed by atoms with Crippen LogP contribution in [-0.4, -0.2) is 21.5 Å². The lowest BCUT2D eigenvalue weighted by atomic mass is 10.3. The number of aromatic nitrogens is 3. The Balaban J connectivity index is 2.24. The highest BCUT2D eigenvalue weighted by Gasteiger charge is 2.06. The molecule has 17 heavy (non-hydrogen) atoms. The van der Waals surface area contributed by atoms with Gasteiger partial charge in [-0.25, -0.2) is 4.68 Å². The van der Waals surface area contributed by atoms with Crippen LogP contribution in [0.3, 0.4) is 0 Å². The second-order valence-corrected chi connectivity index (χ2v) is 5.30. The number of nitrogens with zero attached hydrogens (tertiary/aromatic N) is 3. The fourth-order valence-electron chi connectivity index (χ4n) is 1.42. The number of hydrogen-bond donors (Lipinski definition) is 1. The Labute approximate surface area is 117 Å². The zero-order valence-corrected chi connectivity index (χ0v) is 12.5. The maximum absolute atomic E-state index is 4.11. The first-order valence-corrected chi connectivity index (χ1v) is 6.86. The van der Waals surface area contributed by atoms with E-state index in [0.29, 0.717) is 0 Å². The molecule has 2 rings (SSSR count). The Bertz CT molecular complexity index is 510. The van der Waals surface area contributed by atoms with E-state index < -0.39 is 0 Å². The standard InChI is InChI=1S/C11H12Br2N4/c1-2-14-6-9-7-17(16-15-9)11-4-3-8(12)5-10(11)13/h3-5,7,14H,2,6H2,1H3. The van der Waals surface area contributed by atoms with Crippen molar-refractivity contribution in [1.82, 2.24) is 20.3 Å². The second-order valence-electron chi connectivity index (χ2n) is 3.53. The van der Waals surface area contributed by atoms with Gasteiger partial charge in [0.2, 0.25) is 0 Å². The molecule has 90 valence electrons. The van der Waals surface area contributed by atoms with Crippen LogP contribution < -0.4 is 5.32 Å². The number of halogens is 2. The molecule has 0 bridgehead atoms. The highest BCUT2D eigenvalue weighted by molar-refractivity contribution is 9.11. The average Bonchev–Trinajstić information content (AvgIpc) is 2.75. The monoisotopic (exact) mass is 358 g/mol. The molecule has 0 saturated heterocycles. The lowest BCUT2D eigenvalue weighted by molar-refractivity contribution is 0.705. The molecule has 0 radical (unpaired) electrons. The van der Waals surface area contributed by atoms with Gasteiger partial charge in [-0.1, -0.05) is 28.1 Å². The third-order valence-corrected chi connectivity index (χ3v) is 3.38. The normalized spacial score (nSPS) is 10.8. The van der Waals surface area contributed by atoms with Gasteiger partial charge < -0.3 is 5.32 Å². The van der Waals surface area contributed by atoms with Crippen LogP contribution in [0.25, 0.3) is 5.69 Å². The van der Waals surface area contributed by atoms with E-state index in [2.05, 4.69) is 54.4 Å². The quantitative estimate of drug-likeness (QED) is 0.912. The van der Waals surface area contributed by atoms with Gasteiger partial charge in [0, 0.05) is 15.5 Å². The summed E-state index contributed by atoms with van der Waals surface area (Å²) in [6, 6.07) is 5.95. The highest BCUT2D eigenvalue weighted by atomic mass is 79.9. The van der Waals surface area contributed by atoms with Gasteiger partial charge in [0.05, 0.1) is 17.6 Å². The Morgan fingerprint density at radius 2 is 2.18 bits per heavy atom. The summed E-state index contributed by atoms with van der Waals surface area (Å²) in [6.45, 7) is 3.73. The molecule has 6 heteroatoms. The van der Waals surface area contributed by atoms with E-state index in [-0.39, 0.29) is 0 Å². The minimum atomic E-state index is 0.741. The van der Waals surface area contributed by atoms with Crippen molar-refractivity contribution in [2.45, 2.75) is 13.5 Å². The summed E-state index contributed by atoms with van der Waals surface area (Å²) < 4.78 is 3.77. The van der Waals surface area contributed by atoms with Crippen molar-refractivity contribution in [2.24, 2.45) is 0 Å². The lowest BCUT2D eigenvalue weighted by Gasteiger charge is -2.03. The fourth-order valence-corrected chi connectivity index (χ4v) is 2.65. The van der Waals surface area contributed by atoms with Gasteiger partial charge in [-0.3, -0.25) is 0 Å². The largest absolute Gasteiger partial charge is 0.311 e. The van der Waals surface area contributed by atoms with Crippen molar-refractivity contribution in [3.63, 3.8) is 0 Å². The van der Waals surface area contributed by atoms with Gasteiger partial charge in [-0.15, -0.1) is 5.10 Å². The topological polar surface area (TPSA) is 42.7 Å². The maximum atomic E-state index is 4.11. The minimum absolute atomic E-state index is 0.741. The zero-order chi connectivity index (χ0) is 12.3. The predicted molar refractivity (Wildman–Crippen MR) is 74.1 cm³/mol. The molecule has 0 unspecified atom stereocenters. The van der Waals surface area contributed by atoms with Crippen molar-refractivity contribution in [3.8, 4) is 5.69 Å². The van der Waals surface area contributed by atoms with E-state index in [1.54, 1.807) is 4.68 Å². The third-order valence-electron chi connectivity index (χ3n) is 2.25. The Morgan fingerprint density at radius 1 is 1.35 bits per heavy atom. The molecule has 0 amide bonds. The van der Waals surface area contributed by atoms with Crippen LogP contribution in [0.5, 0.6) is 0 Å². The van der Waals surface area contributed by atoms with E-state index in [1.807, 2.05) is 24.4 Å². The van der Waals surface area contributed by atoms with Crippen LogP contribution in [0.4, 0.5) is 0 Å². The molecule has 2 aromatic rings.